The minimum Gasteiger partial charge on any atom is -0.497 e. The summed E-state index contributed by atoms with van der Waals surface area (Å²) in [5.41, 5.74) is 7.17. The van der Waals surface area contributed by atoms with Gasteiger partial charge >= 0.3 is 0 Å². The highest BCUT2D eigenvalue weighted by molar-refractivity contribution is 8.00. The number of benzene rings is 2. The van der Waals surface area contributed by atoms with Gasteiger partial charge in [0.15, 0.2) is 0 Å². The lowest BCUT2D eigenvalue weighted by Gasteiger charge is -2.15. The van der Waals surface area contributed by atoms with Crippen LogP contribution in [0.3, 0.4) is 0 Å². The second-order valence-electron chi connectivity index (χ2n) is 4.80. The van der Waals surface area contributed by atoms with Gasteiger partial charge < -0.3 is 15.8 Å². The van der Waals surface area contributed by atoms with Crippen molar-refractivity contribution in [3.05, 3.63) is 48.5 Å². The second-order valence-corrected chi connectivity index (χ2v) is 6.08. The van der Waals surface area contributed by atoms with Crippen LogP contribution in [0.2, 0.25) is 0 Å². The molecule has 1 unspecified atom stereocenters. The van der Waals surface area contributed by atoms with Gasteiger partial charge in [-0.25, -0.2) is 0 Å². The minimum absolute atomic E-state index is 0.00510. The number of methoxy groups -OCH3 is 1. The monoisotopic (exact) mass is 316 g/mol. The lowest BCUT2D eigenvalue weighted by atomic mass is 10.2. The second kappa shape index (κ2) is 7.75. The summed E-state index contributed by atoms with van der Waals surface area (Å²) in [6, 6.07) is 14.9. The van der Waals surface area contributed by atoms with Crippen LogP contribution in [-0.2, 0) is 4.79 Å². The molecule has 0 fully saturated rings. The van der Waals surface area contributed by atoms with Crippen molar-refractivity contribution in [1.82, 2.24) is 0 Å². The number of anilines is 2. The molecule has 2 aromatic rings. The molecule has 2 aromatic carbocycles. The van der Waals surface area contributed by atoms with Gasteiger partial charge in [0.2, 0.25) is 5.91 Å². The summed E-state index contributed by atoms with van der Waals surface area (Å²) in [5, 5.41) is 2.79. The molecule has 0 aromatic heterocycles. The standard InChI is InChI=1S/C17H20N2O2S/c1-3-16(22-15-10-4-12(18)5-11-15)17(20)19-13-6-8-14(21-2)9-7-13/h4-11,16H,3,18H2,1-2H3,(H,19,20). The van der Waals surface area contributed by atoms with Crippen molar-refractivity contribution in [3.63, 3.8) is 0 Å². The van der Waals surface area contributed by atoms with E-state index in [-0.39, 0.29) is 11.2 Å². The van der Waals surface area contributed by atoms with Gasteiger partial charge in [-0.2, -0.15) is 0 Å². The van der Waals surface area contributed by atoms with Gasteiger partial charge in [-0.05, 0) is 55.0 Å². The molecule has 4 nitrogen and oxygen atoms in total. The zero-order valence-electron chi connectivity index (χ0n) is 12.7. The fourth-order valence-corrected chi connectivity index (χ4v) is 2.88. The predicted octanol–water partition coefficient (Wildman–Crippen LogP) is 3.79. The number of hydrogen-bond donors (Lipinski definition) is 2. The number of carbonyl (C=O) groups excluding carboxylic acids is 1. The summed E-state index contributed by atoms with van der Waals surface area (Å²) in [4.78, 5) is 13.4. The van der Waals surface area contributed by atoms with E-state index in [1.54, 1.807) is 18.9 Å². The first-order chi connectivity index (χ1) is 10.6. The van der Waals surface area contributed by atoms with Crippen molar-refractivity contribution in [2.45, 2.75) is 23.5 Å². The molecule has 22 heavy (non-hydrogen) atoms. The fourth-order valence-electron chi connectivity index (χ4n) is 1.93. The SMILES string of the molecule is CCC(Sc1ccc(N)cc1)C(=O)Nc1ccc(OC)cc1. The van der Waals surface area contributed by atoms with Crippen LogP contribution in [0.1, 0.15) is 13.3 Å². The predicted molar refractivity (Wildman–Crippen MR) is 92.4 cm³/mol. The van der Waals surface area contributed by atoms with E-state index in [2.05, 4.69) is 5.32 Å². The summed E-state index contributed by atoms with van der Waals surface area (Å²) in [5.74, 6) is 0.760. The highest BCUT2D eigenvalue weighted by Gasteiger charge is 2.18. The average Bonchev–Trinajstić information content (AvgIpc) is 2.55. The maximum absolute atomic E-state index is 12.4. The Balaban J connectivity index is 1.99. The quantitative estimate of drug-likeness (QED) is 0.629. The number of nitrogen functional groups attached to an aromatic ring is 1. The molecule has 0 heterocycles. The lowest BCUT2D eigenvalue weighted by molar-refractivity contribution is -0.115. The van der Waals surface area contributed by atoms with Crippen LogP contribution in [0.5, 0.6) is 5.75 Å². The van der Waals surface area contributed by atoms with Crippen LogP contribution < -0.4 is 15.8 Å². The van der Waals surface area contributed by atoms with Crippen LogP contribution in [0.15, 0.2) is 53.4 Å². The first-order valence-corrected chi connectivity index (χ1v) is 7.97. The van der Waals surface area contributed by atoms with Gasteiger partial charge in [-0.1, -0.05) is 6.92 Å². The molecule has 5 heteroatoms. The number of rotatable bonds is 6. The molecule has 0 aliphatic carbocycles. The topological polar surface area (TPSA) is 64.4 Å². The molecule has 2 rings (SSSR count). The van der Waals surface area contributed by atoms with Crippen LogP contribution in [0.4, 0.5) is 11.4 Å². The average molecular weight is 316 g/mol. The number of nitrogens with two attached hydrogens (primary N) is 1. The Hall–Kier alpha value is -2.14. The van der Waals surface area contributed by atoms with E-state index < -0.39 is 0 Å². The minimum atomic E-state index is -0.147. The highest BCUT2D eigenvalue weighted by atomic mass is 32.2. The molecule has 0 saturated heterocycles. The number of carbonyl (C=O) groups is 1. The Morgan fingerprint density at radius 2 is 1.82 bits per heavy atom. The molecule has 0 radical (unpaired) electrons. The molecule has 116 valence electrons. The van der Waals surface area contributed by atoms with Crippen molar-refractivity contribution >= 4 is 29.0 Å². The van der Waals surface area contributed by atoms with Crippen LogP contribution in [0, 0.1) is 0 Å². The number of amides is 1. The molecular formula is C17H20N2O2S. The van der Waals surface area contributed by atoms with Gasteiger partial charge in [0.05, 0.1) is 12.4 Å². The van der Waals surface area contributed by atoms with E-state index in [1.807, 2.05) is 55.5 Å². The molecule has 3 N–H and O–H groups in total. The number of hydrogen-bond acceptors (Lipinski definition) is 4. The van der Waals surface area contributed by atoms with E-state index in [0.717, 1.165) is 28.4 Å². The largest absolute Gasteiger partial charge is 0.497 e. The van der Waals surface area contributed by atoms with Crippen LogP contribution >= 0.6 is 11.8 Å². The maximum Gasteiger partial charge on any atom is 0.237 e. The summed E-state index contributed by atoms with van der Waals surface area (Å²) < 4.78 is 5.10. The molecule has 0 aliphatic heterocycles. The summed E-state index contributed by atoms with van der Waals surface area (Å²) in [6.07, 6.45) is 0.747. The molecule has 0 spiro atoms. The number of thioether (sulfide) groups is 1. The Morgan fingerprint density at radius 1 is 1.18 bits per heavy atom. The molecule has 0 bridgehead atoms. The highest BCUT2D eigenvalue weighted by Crippen LogP contribution is 2.27. The first-order valence-electron chi connectivity index (χ1n) is 7.09. The third-order valence-corrected chi connectivity index (χ3v) is 4.56. The summed E-state index contributed by atoms with van der Waals surface area (Å²) in [6.45, 7) is 2.00. The zero-order chi connectivity index (χ0) is 15.9. The van der Waals surface area contributed by atoms with Gasteiger partial charge in [0.1, 0.15) is 5.75 Å². The third-order valence-electron chi connectivity index (χ3n) is 3.18. The van der Waals surface area contributed by atoms with E-state index in [0.29, 0.717) is 0 Å². The van der Waals surface area contributed by atoms with Crippen molar-refractivity contribution in [1.29, 1.82) is 0 Å². The van der Waals surface area contributed by atoms with E-state index in [9.17, 15) is 4.79 Å². The maximum atomic E-state index is 12.4. The van der Waals surface area contributed by atoms with Crippen molar-refractivity contribution in [2.75, 3.05) is 18.2 Å². The van der Waals surface area contributed by atoms with Crippen LogP contribution in [-0.4, -0.2) is 18.3 Å². The van der Waals surface area contributed by atoms with E-state index >= 15 is 0 Å². The molecular weight excluding hydrogens is 296 g/mol. The van der Waals surface area contributed by atoms with Gasteiger partial charge in [-0.15, -0.1) is 11.8 Å². The summed E-state index contributed by atoms with van der Waals surface area (Å²) in [7, 11) is 1.62. The van der Waals surface area contributed by atoms with Crippen molar-refractivity contribution in [2.24, 2.45) is 0 Å². The van der Waals surface area contributed by atoms with Gasteiger partial charge in [0, 0.05) is 16.3 Å². The number of nitrogens with one attached hydrogen (secondary N) is 1. The Kier molecular flexibility index (Phi) is 5.72. The number of ether oxygens (including phenoxy) is 1. The molecule has 0 aliphatic rings. The first kappa shape index (κ1) is 16.2. The molecule has 1 atom stereocenters. The van der Waals surface area contributed by atoms with Gasteiger partial charge in [-0.3, -0.25) is 4.79 Å². The Morgan fingerprint density at radius 3 is 2.36 bits per heavy atom. The molecule has 1 amide bonds. The zero-order valence-corrected chi connectivity index (χ0v) is 13.5. The third kappa shape index (κ3) is 4.43. The van der Waals surface area contributed by atoms with E-state index in [1.165, 1.54) is 0 Å². The fraction of sp³-hybridized carbons (Fsp3) is 0.235. The van der Waals surface area contributed by atoms with Gasteiger partial charge in [0.25, 0.3) is 0 Å². The lowest BCUT2D eigenvalue weighted by Crippen LogP contribution is -2.24. The Labute approximate surface area is 135 Å². The van der Waals surface area contributed by atoms with E-state index in [4.69, 9.17) is 10.5 Å². The van der Waals surface area contributed by atoms with Crippen LogP contribution in [0.25, 0.3) is 0 Å². The van der Waals surface area contributed by atoms with Crippen molar-refractivity contribution in [3.8, 4) is 5.75 Å². The molecule has 0 saturated carbocycles. The normalized spacial score (nSPS) is 11.7. The smallest absolute Gasteiger partial charge is 0.237 e. The Bertz CT molecular complexity index is 612. The summed E-state index contributed by atoms with van der Waals surface area (Å²) >= 11 is 1.54. The van der Waals surface area contributed by atoms with Crippen molar-refractivity contribution < 1.29 is 9.53 Å².